The molecular weight excluding hydrogens is 240 g/mol. The Balaban J connectivity index is 2.21. The normalized spacial score (nSPS) is 16.6. The van der Waals surface area contributed by atoms with Crippen LogP contribution in [0.1, 0.15) is 59.9 Å². The Hall–Kier alpha value is -1.29. The van der Waals surface area contributed by atoms with Gasteiger partial charge in [0.15, 0.2) is 0 Å². The average molecular weight is 264 g/mol. The van der Waals surface area contributed by atoms with E-state index in [1.165, 1.54) is 37.8 Å². The minimum Gasteiger partial charge on any atom is -0.395 e. The first-order valence-electron chi connectivity index (χ1n) is 7.22. The quantitative estimate of drug-likeness (QED) is 0.877. The van der Waals surface area contributed by atoms with Crippen molar-refractivity contribution >= 4 is 5.91 Å². The van der Waals surface area contributed by atoms with Gasteiger partial charge < -0.3 is 15.0 Å². The molecule has 1 fully saturated rings. The highest BCUT2D eigenvalue weighted by molar-refractivity contribution is 5.95. The summed E-state index contributed by atoms with van der Waals surface area (Å²) < 4.78 is 2.33. The fourth-order valence-electron chi connectivity index (χ4n) is 3.17. The van der Waals surface area contributed by atoms with E-state index in [-0.39, 0.29) is 12.5 Å². The minimum atomic E-state index is -0.0794. The van der Waals surface area contributed by atoms with Gasteiger partial charge in [-0.3, -0.25) is 4.79 Å². The smallest absolute Gasteiger partial charge is 0.253 e. The molecule has 4 heteroatoms. The van der Waals surface area contributed by atoms with Gasteiger partial charge in [-0.1, -0.05) is 19.3 Å². The van der Waals surface area contributed by atoms with Crippen molar-refractivity contribution in [2.24, 2.45) is 0 Å². The summed E-state index contributed by atoms with van der Waals surface area (Å²) >= 11 is 0. The highest BCUT2D eigenvalue weighted by Gasteiger charge is 2.22. The van der Waals surface area contributed by atoms with Crippen LogP contribution in [0.15, 0.2) is 6.07 Å². The zero-order chi connectivity index (χ0) is 13.8. The van der Waals surface area contributed by atoms with Crippen LogP contribution >= 0.6 is 0 Å². The van der Waals surface area contributed by atoms with Crippen molar-refractivity contribution in [3.05, 3.63) is 23.0 Å². The zero-order valence-corrected chi connectivity index (χ0v) is 11.9. The maximum atomic E-state index is 12.0. The van der Waals surface area contributed by atoms with Crippen molar-refractivity contribution in [2.75, 3.05) is 13.2 Å². The summed E-state index contributed by atoms with van der Waals surface area (Å²) in [6, 6.07) is 2.52. The molecule has 19 heavy (non-hydrogen) atoms. The molecule has 1 heterocycles. The second kappa shape index (κ2) is 6.24. The van der Waals surface area contributed by atoms with Crippen molar-refractivity contribution in [3.8, 4) is 0 Å². The Morgan fingerprint density at radius 1 is 1.37 bits per heavy atom. The highest BCUT2D eigenvalue weighted by atomic mass is 16.3. The Morgan fingerprint density at radius 3 is 2.68 bits per heavy atom. The van der Waals surface area contributed by atoms with Gasteiger partial charge in [-0.05, 0) is 32.8 Å². The number of carbonyl (C=O) groups is 1. The van der Waals surface area contributed by atoms with Gasteiger partial charge in [-0.25, -0.2) is 0 Å². The van der Waals surface area contributed by atoms with Crippen LogP contribution in [-0.2, 0) is 0 Å². The molecule has 2 rings (SSSR count). The summed E-state index contributed by atoms with van der Waals surface area (Å²) in [6.07, 6.45) is 6.34. The lowest BCUT2D eigenvalue weighted by Gasteiger charge is -2.26. The number of nitrogens with one attached hydrogen (secondary N) is 1. The first-order valence-corrected chi connectivity index (χ1v) is 7.22. The molecule has 1 aliphatic rings. The summed E-state index contributed by atoms with van der Waals surface area (Å²) in [5, 5.41) is 11.5. The molecular formula is C15H24N2O2. The van der Waals surface area contributed by atoms with E-state index in [2.05, 4.69) is 16.8 Å². The average Bonchev–Trinajstić information content (AvgIpc) is 2.72. The molecule has 0 radical (unpaired) electrons. The predicted octanol–water partition coefficient (Wildman–Crippen LogP) is 2.33. The van der Waals surface area contributed by atoms with Gasteiger partial charge in [-0.2, -0.15) is 0 Å². The van der Waals surface area contributed by atoms with E-state index < -0.39 is 0 Å². The monoisotopic (exact) mass is 264 g/mol. The molecule has 1 saturated carbocycles. The number of aliphatic hydroxyl groups is 1. The second-order valence-electron chi connectivity index (χ2n) is 5.43. The molecule has 0 aliphatic heterocycles. The molecule has 1 aliphatic carbocycles. The summed E-state index contributed by atoms with van der Waals surface area (Å²) in [7, 11) is 0. The van der Waals surface area contributed by atoms with Gasteiger partial charge in [-0.15, -0.1) is 0 Å². The van der Waals surface area contributed by atoms with Gasteiger partial charge in [0, 0.05) is 24.0 Å². The maximum absolute atomic E-state index is 12.0. The van der Waals surface area contributed by atoms with Crippen LogP contribution in [-0.4, -0.2) is 28.7 Å². The Morgan fingerprint density at radius 2 is 2.05 bits per heavy atom. The van der Waals surface area contributed by atoms with E-state index in [0.29, 0.717) is 12.6 Å². The predicted molar refractivity (Wildman–Crippen MR) is 75.4 cm³/mol. The fourth-order valence-corrected chi connectivity index (χ4v) is 3.17. The summed E-state index contributed by atoms with van der Waals surface area (Å²) in [5.41, 5.74) is 2.97. The number of hydrogen-bond acceptors (Lipinski definition) is 2. The van der Waals surface area contributed by atoms with Gasteiger partial charge in [0.25, 0.3) is 5.91 Å². The Kier molecular flexibility index (Phi) is 4.64. The summed E-state index contributed by atoms with van der Waals surface area (Å²) in [5.74, 6) is -0.0794. The van der Waals surface area contributed by atoms with Gasteiger partial charge in [0.2, 0.25) is 0 Å². The van der Waals surface area contributed by atoms with Crippen LogP contribution in [0.5, 0.6) is 0 Å². The number of rotatable bonds is 4. The largest absolute Gasteiger partial charge is 0.395 e. The number of nitrogens with zero attached hydrogens (tertiary/aromatic N) is 1. The van der Waals surface area contributed by atoms with E-state index in [9.17, 15) is 4.79 Å². The standard InChI is InChI=1S/C15H24N2O2/c1-11-10-14(15(19)16-8-9-18)12(2)17(11)13-6-4-3-5-7-13/h10,13,18H,3-9H2,1-2H3,(H,16,19). The SMILES string of the molecule is Cc1cc(C(=O)NCCO)c(C)n1C1CCCCC1. The molecule has 2 N–H and O–H groups in total. The van der Waals surface area contributed by atoms with Crippen molar-refractivity contribution in [1.82, 2.24) is 9.88 Å². The van der Waals surface area contributed by atoms with Crippen LogP contribution in [0.4, 0.5) is 0 Å². The molecule has 106 valence electrons. The third kappa shape index (κ3) is 3.00. The molecule has 0 aromatic carbocycles. The third-order valence-corrected chi connectivity index (χ3v) is 4.07. The first kappa shape index (κ1) is 14.1. The first-order chi connectivity index (χ1) is 9.15. The van der Waals surface area contributed by atoms with Gasteiger partial charge in [0.05, 0.1) is 12.2 Å². The molecule has 4 nitrogen and oxygen atoms in total. The van der Waals surface area contributed by atoms with E-state index in [1.807, 2.05) is 13.0 Å². The second-order valence-corrected chi connectivity index (χ2v) is 5.43. The van der Waals surface area contributed by atoms with E-state index in [0.717, 1.165) is 11.3 Å². The minimum absolute atomic E-state index is 0.0207. The van der Waals surface area contributed by atoms with Gasteiger partial charge >= 0.3 is 0 Å². The van der Waals surface area contributed by atoms with Crippen LogP contribution in [0.2, 0.25) is 0 Å². The van der Waals surface area contributed by atoms with Crippen molar-refractivity contribution in [2.45, 2.75) is 52.0 Å². The number of amides is 1. The van der Waals surface area contributed by atoms with Crippen LogP contribution in [0.3, 0.4) is 0 Å². The maximum Gasteiger partial charge on any atom is 0.253 e. The van der Waals surface area contributed by atoms with Crippen molar-refractivity contribution in [1.29, 1.82) is 0 Å². The molecule has 1 aromatic rings. The molecule has 0 bridgehead atoms. The molecule has 1 aromatic heterocycles. The van der Waals surface area contributed by atoms with Gasteiger partial charge in [0.1, 0.15) is 0 Å². The summed E-state index contributed by atoms with van der Waals surface area (Å²) in [4.78, 5) is 12.0. The lowest BCUT2D eigenvalue weighted by molar-refractivity contribution is 0.0944. The van der Waals surface area contributed by atoms with Crippen LogP contribution in [0, 0.1) is 13.8 Å². The zero-order valence-electron chi connectivity index (χ0n) is 11.9. The van der Waals surface area contributed by atoms with Crippen molar-refractivity contribution in [3.63, 3.8) is 0 Å². The molecule has 0 saturated heterocycles. The third-order valence-electron chi connectivity index (χ3n) is 4.07. The lowest BCUT2D eigenvalue weighted by Crippen LogP contribution is -2.27. The Bertz CT molecular complexity index is 445. The van der Waals surface area contributed by atoms with Crippen molar-refractivity contribution < 1.29 is 9.90 Å². The number of aromatic nitrogens is 1. The van der Waals surface area contributed by atoms with Crippen LogP contribution < -0.4 is 5.32 Å². The fraction of sp³-hybridized carbons (Fsp3) is 0.667. The van der Waals surface area contributed by atoms with E-state index in [1.54, 1.807) is 0 Å². The van der Waals surface area contributed by atoms with Crippen LogP contribution in [0.25, 0.3) is 0 Å². The molecule has 0 unspecified atom stereocenters. The highest BCUT2D eigenvalue weighted by Crippen LogP contribution is 2.32. The lowest BCUT2D eigenvalue weighted by atomic mass is 9.95. The number of hydrogen-bond donors (Lipinski definition) is 2. The topological polar surface area (TPSA) is 54.3 Å². The Labute approximate surface area is 114 Å². The molecule has 0 spiro atoms. The number of aliphatic hydroxyl groups excluding tert-OH is 1. The van der Waals surface area contributed by atoms with E-state index in [4.69, 9.17) is 5.11 Å². The molecule has 0 atom stereocenters. The number of aryl methyl sites for hydroxylation is 1. The summed E-state index contributed by atoms with van der Waals surface area (Å²) in [6.45, 7) is 4.39. The molecule has 1 amide bonds. The number of carbonyl (C=O) groups excluding carboxylic acids is 1. The van der Waals surface area contributed by atoms with E-state index >= 15 is 0 Å².